The van der Waals surface area contributed by atoms with Crippen molar-refractivity contribution in [1.82, 2.24) is 34.5 Å². The van der Waals surface area contributed by atoms with Gasteiger partial charge in [0.15, 0.2) is 5.65 Å². The van der Waals surface area contributed by atoms with Crippen LogP contribution in [0, 0.1) is 12.8 Å². The van der Waals surface area contributed by atoms with Gasteiger partial charge in [0, 0.05) is 10.9 Å². The number of anilines is 1. The van der Waals surface area contributed by atoms with E-state index in [9.17, 15) is 9.90 Å². The summed E-state index contributed by atoms with van der Waals surface area (Å²) in [6.45, 7) is 1.98. The molecule has 2 aliphatic carbocycles. The molecule has 0 bridgehead atoms. The highest BCUT2D eigenvalue weighted by Gasteiger charge is 2.34. The SMILES string of the molecule is Cc1cccc(C(Nc2nc(=NC3CC3)n3ncc(=Cc4[nH]c(=O)[nH]c4O)c3n2)C2CC2)n1. The Kier molecular flexibility index (Phi) is 4.49. The molecule has 0 saturated heterocycles. The number of aromatic nitrogens is 7. The van der Waals surface area contributed by atoms with E-state index in [0.29, 0.717) is 28.4 Å². The molecular weight excluding hydrogens is 422 g/mol. The van der Waals surface area contributed by atoms with Crippen LogP contribution >= 0.6 is 0 Å². The lowest BCUT2D eigenvalue weighted by Crippen LogP contribution is -2.26. The highest BCUT2D eigenvalue weighted by atomic mass is 16.3. The van der Waals surface area contributed by atoms with Crippen molar-refractivity contribution >= 4 is 17.7 Å². The summed E-state index contributed by atoms with van der Waals surface area (Å²) in [5.74, 6) is 0.679. The lowest BCUT2D eigenvalue weighted by molar-refractivity contribution is 0.454. The summed E-state index contributed by atoms with van der Waals surface area (Å²) in [4.78, 5) is 35.2. The maximum atomic E-state index is 11.5. The third-order valence-electron chi connectivity index (χ3n) is 5.86. The van der Waals surface area contributed by atoms with Gasteiger partial charge in [0.05, 0.1) is 24.0 Å². The van der Waals surface area contributed by atoms with E-state index in [2.05, 4.69) is 25.4 Å². The van der Waals surface area contributed by atoms with Gasteiger partial charge < -0.3 is 15.4 Å². The van der Waals surface area contributed by atoms with Crippen molar-refractivity contribution in [2.45, 2.75) is 44.7 Å². The molecule has 0 aliphatic heterocycles. The molecule has 1 atom stereocenters. The summed E-state index contributed by atoms with van der Waals surface area (Å²) in [5, 5.41) is 18.5. The van der Waals surface area contributed by atoms with E-state index in [0.717, 1.165) is 37.1 Å². The fourth-order valence-corrected chi connectivity index (χ4v) is 3.88. The van der Waals surface area contributed by atoms with Crippen molar-refractivity contribution in [3.05, 3.63) is 62.8 Å². The van der Waals surface area contributed by atoms with Gasteiger partial charge in [-0.15, -0.1) is 0 Å². The number of aryl methyl sites for hydroxylation is 1. The number of fused-ring (bicyclic) bond motifs is 1. The molecule has 0 amide bonds. The Balaban J connectivity index is 1.48. The number of aromatic amines is 2. The minimum atomic E-state index is -0.491. The molecular formula is C22H23N9O2. The van der Waals surface area contributed by atoms with Crippen LogP contribution < -0.4 is 21.8 Å². The third-order valence-corrected chi connectivity index (χ3v) is 5.86. The second-order valence-electron chi connectivity index (χ2n) is 8.69. The summed E-state index contributed by atoms with van der Waals surface area (Å²) in [7, 11) is 0. The van der Waals surface area contributed by atoms with E-state index in [-0.39, 0.29) is 23.7 Å². The van der Waals surface area contributed by atoms with Gasteiger partial charge in [0.1, 0.15) is 5.69 Å². The number of rotatable bonds is 6. The second-order valence-corrected chi connectivity index (χ2v) is 8.69. The predicted octanol–water partition coefficient (Wildman–Crippen LogP) is 0.724. The number of H-pyrrole nitrogens is 2. The smallest absolute Gasteiger partial charge is 0.326 e. The maximum absolute atomic E-state index is 11.5. The van der Waals surface area contributed by atoms with Gasteiger partial charge in [-0.1, -0.05) is 6.07 Å². The average Bonchev–Trinajstić information content (AvgIpc) is 3.71. The molecule has 11 nitrogen and oxygen atoms in total. The van der Waals surface area contributed by atoms with Crippen molar-refractivity contribution in [3.63, 3.8) is 0 Å². The lowest BCUT2D eigenvalue weighted by atomic mass is 10.1. The van der Waals surface area contributed by atoms with Gasteiger partial charge in [0.25, 0.3) is 5.62 Å². The Morgan fingerprint density at radius 2 is 2.06 bits per heavy atom. The van der Waals surface area contributed by atoms with E-state index >= 15 is 0 Å². The van der Waals surface area contributed by atoms with Gasteiger partial charge in [-0.25, -0.2) is 9.79 Å². The molecule has 6 rings (SSSR count). The molecule has 4 N–H and O–H groups in total. The Hall–Kier alpha value is -4.02. The highest BCUT2D eigenvalue weighted by Crippen LogP contribution is 2.41. The van der Waals surface area contributed by atoms with Crippen LogP contribution in [-0.4, -0.2) is 45.7 Å². The van der Waals surface area contributed by atoms with E-state index < -0.39 is 5.69 Å². The molecule has 2 fully saturated rings. The number of pyridine rings is 1. The topological polar surface area (TPSA) is 149 Å². The van der Waals surface area contributed by atoms with Crippen LogP contribution in [-0.2, 0) is 0 Å². The van der Waals surface area contributed by atoms with Gasteiger partial charge >= 0.3 is 5.69 Å². The standard InChI is InChI=1S/C22H23N9O2/c1-11-3-2-4-15(24-11)17(12-5-6-12)27-20-28-18-13(9-16-19(32)29-22(33)26-16)10-23-31(18)21(30-20)25-14-7-8-14/h2-4,9-10,12,14,17,32H,5-8H2,1H3,(H,25,27,30)(H2,26,29,33). The summed E-state index contributed by atoms with van der Waals surface area (Å²) in [6, 6.07) is 6.27. The molecule has 168 valence electrons. The Bertz CT molecular complexity index is 1530. The van der Waals surface area contributed by atoms with E-state index in [4.69, 9.17) is 15.0 Å². The third kappa shape index (κ3) is 3.97. The summed E-state index contributed by atoms with van der Waals surface area (Å²) in [5.41, 5.74) is 2.70. The Morgan fingerprint density at radius 1 is 1.21 bits per heavy atom. The van der Waals surface area contributed by atoms with Crippen LogP contribution in [0.15, 0.2) is 34.2 Å². The van der Waals surface area contributed by atoms with E-state index in [1.54, 1.807) is 16.8 Å². The lowest BCUT2D eigenvalue weighted by Gasteiger charge is -2.18. The largest absolute Gasteiger partial charge is 0.493 e. The van der Waals surface area contributed by atoms with Crippen molar-refractivity contribution in [2.24, 2.45) is 10.9 Å². The van der Waals surface area contributed by atoms with Gasteiger partial charge in [-0.3, -0.25) is 9.97 Å². The molecule has 4 aromatic heterocycles. The maximum Gasteiger partial charge on any atom is 0.326 e. The number of nitrogens with zero attached hydrogens (tertiary/aromatic N) is 6. The number of imidazole rings is 1. The minimum absolute atomic E-state index is 0.00143. The van der Waals surface area contributed by atoms with Crippen LogP contribution in [0.5, 0.6) is 5.88 Å². The minimum Gasteiger partial charge on any atom is -0.493 e. The highest BCUT2D eigenvalue weighted by molar-refractivity contribution is 5.57. The van der Waals surface area contributed by atoms with Gasteiger partial charge in [-0.05, 0) is 56.7 Å². The van der Waals surface area contributed by atoms with Crippen LogP contribution in [0.1, 0.15) is 48.8 Å². The van der Waals surface area contributed by atoms with Crippen molar-refractivity contribution in [3.8, 4) is 5.88 Å². The normalized spacial score (nSPS) is 18.2. The zero-order chi connectivity index (χ0) is 22.5. The van der Waals surface area contributed by atoms with Crippen LogP contribution in [0.25, 0.3) is 11.7 Å². The Morgan fingerprint density at radius 3 is 2.76 bits per heavy atom. The van der Waals surface area contributed by atoms with Crippen molar-refractivity contribution < 1.29 is 5.11 Å². The zero-order valence-electron chi connectivity index (χ0n) is 18.0. The van der Waals surface area contributed by atoms with Crippen molar-refractivity contribution in [2.75, 3.05) is 5.32 Å². The molecule has 11 heteroatoms. The quantitative estimate of drug-likeness (QED) is 0.342. The van der Waals surface area contributed by atoms with Crippen LogP contribution in [0.2, 0.25) is 0 Å². The fourth-order valence-electron chi connectivity index (χ4n) is 3.88. The second kappa shape index (κ2) is 7.54. The first-order valence-corrected chi connectivity index (χ1v) is 11.1. The van der Waals surface area contributed by atoms with Crippen LogP contribution in [0.4, 0.5) is 5.95 Å². The number of hydrogen-bond acceptors (Lipinski definition) is 8. The molecule has 0 aromatic carbocycles. The molecule has 1 unspecified atom stereocenters. The van der Waals surface area contributed by atoms with E-state index in [1.165, 1.54) is 0 Å². The van der Waals surface area contributed by atoms with Gasteiger partial charge in [0.2, 0.25) is 11.8 Å². The average molecular weight is 445 g/mol. The zero-order valence-corrected chi connectivity index (χ0v) is 18.0. The molecule has 0 spiro atoms. The molecule has 0 radical (unpaired) electrons. The number of hydrogen-bond donors (Lipinski definition) is 4. The molecule has 4 aromatic rings. The van der Waals surface area contributed by atoms with Gasteiger partial charge in [-0.2, -0.15) is 19.6 Å². The van der Waals surface area contributed by atoms with E-state index in [1.807, 2.05) is 25.1 Å². The van der Waals surface area contributed by atoms with Crippen LogP contribution in [0.3, 0.4) is 0 Å². The fraction of sp³-hybridized carbons (Fsp3) is 0.364. The first kappa shape index (κ1) is 19.6. The number of aromatic hydroxyl groups is 1. The summed E-state index contributed by atoms with van der Waals surface area (Å²) < 4.78 is 1.59. The molecule has 33 heavy (non-hydrogen) atoms. The summed E-state index contributed by atoms with van der Waals surface area (Å²) in [6.07, 6.45) is 7.55. The Labute approximate surface area is 187 Å². The molecule has 2 aliphatic rings. The predicted molar refractivity (Wildman–Crippen MR) is 119 cm³/mol. The first-order chi connectivity index (χ1) is 16.0. The first-order valence-electron chi connectivity index (χ1n) is 11.1. The number of nitrogens with one attached hydrogen (secondary N) is 3. The molecule has 2 saturated carbocycles. The van der Waals surface area contributed by atoms with Crippen molar-refractivity contribution in [1.29, 1.82) is 0 Å². The molecule has 4 heterocycles. The monoisotopic (exact) mass is 445 g/mol. The summed E-state index contributed by atoms with van der Waals surface area (Å²) >= 11 is 0.